The molecule has 0 bridgehead atoms. The molecule has 0 unspecified atom stereocenters. The number of carbonyl (C=O) groups excluding carboxylic acids is 1. The van der Waals surface area contributed by atoms with Crippen LogP contribution in [0.3, 0.4) is 0 Å². The zero-order valence-corrected chi connectivity index (χ0v) is 21.5. The Morgan fingerprint density at radius 3 is 2.42 bits per heavy atom. The fourth-order valence-corrected chi connectivity index (χ4v) is 5.56. The van der Waals surface area contributed by atoms with Gasteiger partial charge in [0.1, 0.15) is 5.75 Å². The van der Waals surface area contributed by atoms with Gasteiger partial charge in [0.15, 0.2) is 11.0 Å². The first-order valence-electron chi connectivity index (χ1n) is 12.4. The molecule has 2 aromatic heterocycles. The second kappa shape index (κ2) is 10.1. The van der Waals surface area contributed by atoms with Crippen LogP contribution in [0.15, 0.2) is 102 Å². The molecule has 0 aliphatic rings. The van der Waals surface area contributed by atoms with Crippen molar-refractivity contribution in [2.24, 2.45) is 0 Å². The highest BCUT2D eigenvalue weighted by molar-refractivity contribution is 7.99. The summed E-state index contributed by atoms with van der Waals surface area (Å²) in [5.74, 6) is 0.641. The molecular weight excluding hydrogens is 494 g/mol. The van der Waals surface area contributed by atoms with Crippen LogP contribution in [-0.4, -0.2) is 36.1 Å². The van der Waals surface area contributed by atoms with E-state index in [2.05, 4.69) is 45.2 Å². The number of amides is 1. The fraction of sp³-hybridized carbons (Fsp3) is 0.100. The third kappa shape index (κ3) is 4.29. The van der Waals surface area contributed by atoms with Gasteiger partial charge < -0.3 is 15.0 Å². The molecule has 0 aliphatic heterocycles. The lowest BCUT2D eigenvalue weighted by molar-refractivity contribution is -0.113. The molecule has 7 nitrogen and oxygen atoms in total. The van der Waals surface area contributed by atoms with E-state index < -0.39 is 0 Å². The summed E-state index contributed by atoms with van der Waals surface area (Å²) in [6.45, 7) is 3.01. The van der Waals surface area contributed by atoms with Gasteiger partial charge in [-0.3, -0.25) is 9.36 Å². The van der Waals surface area contributed by atoms with Gasteiger partial charge in [-0.05, 0) is 55.5 Å². The highest BCUT2D eigenvalue weighted by atomic mass is 32.2. The lowest BCUT2D eigenvalue weighted by atomic mass is 10.1. The van der Waals surface area contributed by atoms with E-state index in [1.165, 1.54) is 22.7 Å². The van der Waals surface area contributed by atoms with Gasteiger partial charge in [-0.1, -0.05) is 60.3 Å². The van der Waals surface area contributed by atoms with Gasteiger partial charge in [0.05, 0.1) is 11.3 Å². The molecule has 0 aliphatic carbocycles. The Kier molecular flexibility index (Phi) is 6.31. The molecule has 188 valence electrons. The van der Waals surface area contributed by atoms with Gasteiger partial charge in [-0.25, -0.2) is 0 Å². The molecule has 0 saturated carbocycles. The third-order valence-electron chi connectivity index (χ3n) is 6.50. The average molecular weight is 520 g/mol. The van der Waals surface area contributed by atoms with Gasteiger partial charge in [0, 0.05) is 39.7 Å². The fourth-order valence-electron chi connectivity index (χ4n) is 4.81. The number of hydrogen-bond donors (Lipinski definition) is 2. The van der Waals surface area contributed by atoms with Crippen molar-refractivity contribution in [2.45, 2.75) is 18.6 Å². The van der Waals surface area contributed by atoms with Gasteiger partial charge in [0.2, 0.25) is 5.91 Å². The Morgan fingerprint density at radius 1 is 0.868 bits per heavy atom. The van der Waals surface area contributed by atoms with E-state index in [1.54, 1.807) is 18.2 Å². The van der Waals surface area contributed by atoms with E-state index in [-0.39, 0.29) is 17.4 Å². The smallest absolute Gasteiger partial charge is 0.234 e. The van der Waals surface area contributed by atoms with Crippen LogP contribution >= 0.6 is 11.8 Å². The van der Waals surface area contributed by atoms with E-state index >= 15 is 0 Å². The maximum absolute atomic E-state index is 13.0. The summed E-state index contributed by atoms with van der Waals surface area (Å²) in [6, 6.07) is 31.1. The molecule has 4 aromatic carbocycles. The van der Waals surface area contributed by atoms with Crippen LogP contribution in [0.4, 0.5) is 5.69 Å². The number of phenols is 1. The van der Waals surface area contributed by atoms with Crippen molar-refractivity contribution >= 4 is 45.2 Å². The molecule has 0 spiro atoms. The number of para-hydroxylation sites is 3. The normalized spacial score (nSPS) is 11.3. The standard InChI is InChI=1S/C30H25N5O2S/c1-2-34-25-14-8-6-12-22(25)24-18-20(16-17-26(24)34)31-28(37)19-38-30-33-32-29(23-13-7-9-15-27(23)36)35(30)21-10-4-3-5-11-21/h3-18,36H,2,19H2,1H3,(H,31,37). The van der Waals surface area contributed by atoms with Gasteiger partial charge in [-0.15, -0.1) is 10.2 Å². The van der Waals surface area contributed by atoms with Crippen molar-refractivity contribution in [1.29, 1.82) is 0 Å². The van der Waals surface area contributed by atoms with Crippen molar-refractivity contribution in [1.82, 2.24) is 19.3 Å². The Morgan fingerprint density at radius 2 is 1.61 bits per heavy atom. The monoisotopic (exact) mass is 519 g/mol. The number of aromatic nitrogens is 4. The predicted octanol–water partition coefficient (Wildman–Crippen LogP) is 6.50. The topological polar surface area (TPSA) is 85.0 Å². The molecule has 38 heavy (non-hydrogen) atoms. The summed E-state index contributed by atoms with van der Waals surface area (Å²) in [5.41, 5.74) is 4.50. The number of nitrogens with one attached hydrogen (secondary N) is 1. The number of carbonyl (C=O) groups is 1. The summed E-state index contributed by atoms with van der Waals surface area (Å²) < 4.78 is 4.14. The molecule has 8 heteroatoms. The van der Waals surface area contributed by atoms with Crippen molar-refractivity contribution in [3.63, 3.8) is 0 Å². The van der Waals surface area contributed by atoms with Crippen LogP contribution in [0.2, 0.25) is 0 Å². The minimum absolute atomic E-state index is 0.117. The first-order valence-corrected chi connectivity index (χ1v) is 13.4. The SMILES string of the molecule is CCn1c2ccccc2c2cc(NC(=O)CSc3nnc(-c4ccccc4O)n3-c3ccccc3)ccc21. The Hall–Kier alpha value is -4.56. The highest BCUT2D eigenvalue weighted by Crippen LogP contribution is 2.33. The van der Waals surface area contributed by atoms with Crippen LogP contribution < -0.4 is 5.32 Å². The van der Waals surface area contributed by atoms with Crippen LogP contribution in [0.1, 0.15) is 6.92 Å². The molecule has 2 N–H and O–H groups in total. The van der Waals surface area contributed by atoms with Crippen LogP contribution in [0.5, 0.6) is 5.75 Å². The van der Waals surface area contributed by atoms with Crippen LogP contribution in [-0.2, 0) is 11.3 Å². The van der Waals surface area contributed by atoms with Gasteiger partial charge in [0.25, 0.3) is 0 Å². The van der Waals surface area contributed by atoms with Gasteiger partial charge >= 0.3 is 0 Å². The maximum Gasteiger partial charge on any atom is 0.234 e. The number of benzene rings is 4. The van der Waals surface area contributed by atoms with Crippen molar-refractivity contribution in [2.75, 3.05) is 11.1 Å². The number of phenolic OH excluding ortho intramolecular Hbond substituents is 1. The number of nitrogens with zero attached hydrogens (tertiary/aromatic N) is 4. The largest absolute Gasteiger partial charge is 0.507 e. The number of thioether (sulfide) groups is 1. The molecule has 6 rings (SSSR count). The number of anilines is 1. The summed E-state index contributed by atoms with van der Waals surface area (Å²) in [5, 5.41) is 25.0. The molecule has 0 atom stereocenters. The number of fused-ring (bicyclic) bond motifs is 3. The molecule has 1 amide bonds. The zero-order chi connectivity index (χ0) is 26.1. The lowest BCUT2D eigenvalue weighted by Crippen LogP contribution is -2.14. The minimum atomic E-state index is -0.139. The van der Waals surface area contributed by atoms with Crippen molar-refractivity contribution in [3.8, 4) is 22.8 Å². The summed E-state index contributed by atoms with van der Waals surface area (Å²) in [7, 11) is 0. The Labute approximate surface area is 223 Å². The third-order valence-corrected chi connectivity index (χ3v) is 7.43. The first-order chi connectivity index (χ1) is 18.6. The average Bonchev–Trinajstić information content (AvgIpc) is 3.51. The second-order valence-corrected chi connectivity index (χ2v) is 9.77. The minimum Gasteiger partial charge on any atom is -0.507 e. The Bertz CT molecular complexity index is 1770. The number of aromatic hydroxyl groups is 1. The zero-order valence-electron chi connectivity index (χ0n) is 20.7. The first kappa shape index (κ1) is 23.8. The van der Waals surface area contributed by atoms with E-state index in [4.69, 9.17) is 0 Å². The molecule has 0 saturated heterocycles. The predicted molar refractivity (Wildman–Crippen MR) is 153 cm³/mol. The maximum atomic E-state index is 13.0. The molecule has 2 heterocycles. The highest BCUT2D eigenvalue weighted by Gasteiger charge is 2.19. The Balaban J connectivity index is 1.26. The molecule has 0 radical (unpaired) electrons. The van der Waals surface area contributed by atoms with E-state index in [1.807, 2.05) is 65.2 Å². The molecule has 6 aromatic rings. The molecular formula is C30H25N5O2S. The van der Waals surface area contributed by atoms with Gasteiger partial charge in [-0.2, -0.15) is 0 Å². The van der Waals surface area contributed by atoms with Crippen molar-refractivity contribution in [3.05, 3.63) is 97.1 Å². The van der Waals surface area contributed by atoms with E-state index in [0.29, 0.717) is 16.5 Å². The van der Waals surface area contributed by atoms with Crippen molar-refractivity contribution < 1.29 is 9.90 Å². The summed E-state index contributed by atoms with van der Waals surface area (Å²) in [4.78, 5) is 13.0. The van der Waals surface area contributed by atoms with E-state index in [0.717, 1.165) is 28.8 Å². The number of aryl methyl sites for hydroxylation is 1. The second-order valence-electron chi connectivity index (χ2n) is 8.82. The summed E-state index contributed by atoms with van der Waals surface area (Å²) >= 11 is 1.30. The van der Waals surface area contributed by atoms with Crippen LogP contribution in [0, 0.1) is 0 Å². The molecule has 0 fully saturated rings. The summed E-state index contributed by atoms with van der Waals surface area (Å²) in [6.07, 6.45) is 0. The number of rotatable bonds is 7. The number of hydrogen-bond acceptors (Lipinski definition) is 5. The van der Waals surface area contributed by atoms with E-state index in [9.17, 15) is 9.90 Å². The lowest BCUT2D eigenvalue weighted by Gasteiger charge is -2.11. The van der Waals surface area contributed by atoms with Crippen LogP contribution in [0.25, 0.3) is 38.9 Å². The quantitative estimate of drug-likeness (QED) is 0.235.